The molecule has 0 aromatic heterocycles. The first-order valence-corrected chi connectivity index (χ1v) is 4.50. The predicted molar refractivity (Wildman–Crippen MR) is 40.5 cm³/mol. The number of hydrogen-bond donors (Lipinski definition) is 0. The van der Waals surface area contributed by atoms with Crippen molar-refractivity contribution >= 4 is 18.3 Å². The van der Waals surface area contributed by atoms with Gasteiger partial charge in [-0.05, 0) is 0 Å². The van der Waals surface area contributed by atoms with E-state index in [0.29, 0.717) is 0 Å². The van der Waals surface area contributed by atoms with Gasteiger partial charge in [0.15, 0.2) is 18.3 Å². The van der Waals surface area contributed by atoms with Crippen molar-refractivity contribution < 1.29 is 42.7 Å². The molecule has 0 bridgehead atoms. The van der Waals surface area contributed by atoms with Crippen LogP contribution in [-0.2, 0) is 35.1 Å². The molecule has 10 nitrogen and oxygen atoms in total. The molecule has 0 saturated carbocycles. The van der Waals surface area contributed by atoms with E-state index in [9.17, 15) is 25.9 Å². The second kappa shape index (κ2) is 10.2. The molecule has 0 amide bonds. The Bertz CT molecular complexity index is 235. The minimum Gasteiger partial charge on any atom is -0.736 e. The molecule has 88 valence electrons. The summed E-state index contributed by atoms with van der Waals surface area (Å²) in [7, 11) is -11.3. The van der Waals surface area contributed by atoms with Crippen LogP contribution in [0.1, 0.15) is 0 Å². The topological polar surface area (TPSA) is 248 Å². The van der Waals surface area contributed by atoms with Crippen molar-refractivity contribution in [2.24, 2.45) is 0 Å². The van der Waals surface area contributed by atoms with E-state index in [1.807, 2.05) is 0 Å². The third-order valence-corrected chi connectivity index (χ3v) is 2.25. The Labute approximate surface area is 85.9 Å². The van der Waals surface area contributed by atoms with Crippen LogP contribution in [0.5, 0.6) is 0 Å². The van der Waals surface area contributed by atoms with Gasteiger partial charge in [0.1, 0.15) is 0 Å². The molecule has 0 aliphatic carbocycles. The Morgan fingerprint density at radius 1 is 0.615 bits per heavy atom. The van der Waals surface area contributed by atoms with Gasteiger partial charge in [-0.2, -0.15) is 0 Å². The largest absolute Gasteiger partial charge is 3.00 e. The van der Waals surface area contributed by atoms with Gasteiger partial charge in [0.25, 0.3) is 0 Å². The van der Waals surface area contributed by atoms with Gasteiger partial charge in [0, 0.05) is 0 Å². The molecule has 0 aromatic carbocycles. The van der Waals surface area contributed by atoms with Gasteiger partial charge < -0.3 is 33.7 Å². The van der Waals surface area contributed by atoms with Gasteiger partial charge in [-0.25, -0.2) is 16.8 Å². The molecular weight excluding hydrogens is 275 g/mol. The summed E-state index contributed by atoms with van der Waals surface area (Å²) in [5, 5.41) is 0. The molecule has 0 rings (SSSR count). The molecule has 0 aromatic rings. The normalized spacial score (nSPS) is 8.46. The first-order chi connectivity index (χ1) is 3.25. The number of nitrogens with two attached hydrogens (primary N) is 4. The van der Waals surface area contributed by atoms with Crippen LogP contribution in [0.15, 0.2) is 0 Å². The van der Waals surface area contributed by atoms with Crippen LogP contribution in [-0.4, -0.2) is 25.9 Å². The second-order valence-electron chi connectivity index (χ2n) is 0.816. The molecule has 0 radical (unpaired) electrons. The zero-order valence-corrected chi connectivity index (χ0v) is 8.58. The van der Waals surface area contributed by atoms with Gasteiger partial charge in [-0.15, -0.1) is 0 Å². The monoisotopic (exact) mass is 283 g/mol. The Kier molecular flexibility index (Phi) is 29.9. The average Bonchev–Trinajstić information content (AvgIpc) is 1.25. The standard InChI is InChI=1S/Co.4H2N.H2O6S2/c;;;;;1-7(2,3)8(4,5)6/h;4*1H2;(H,1,2,3)(H,4,5,6)/q+3;4*-1;/p-2. The summed E-state index contributed by atoms with van der Waals surface area (Å²) in [4.78, 5) is 0. The molecule has 0 unspecified atom stereocenters. The van der Waals surface area contributed by atoms with Crippen LogP contribution in [0, 0.1) is 0 Å². The molecule has 0 spiro atoms. The van der Waals surface area contributed by atoms with E-state index in [4.69, 9.17) is 0 Å². The Morgan fingerprint density at radius 2 is 0.692 bits per heavy atom. The SMILES string of the molecule is O=S(=O)([O-])S(=O)(=O)[O-].[Co+3].[NH2-].[NH2-].[NH2-].[NH2-]. The quantitative estimate of drug-likeness (QED) is 0.497. The van der Waals surface area contributed by atoms with Crippen molar-refractivity contribution in [1.29, 1.82) is 0 Å². The van der Waals surface area contributed by atoms with Crippen LogP contribution >= 0.6 is 0 Å². The smallest absolute Gasteiger partial charge is 0.736 e. The first kappa shape index (κ1) is 37.9. The Morgan fingerprint density at radius 3 is 0.692 bits per heavy atom. The number of rotatable bonds is 1. The van der Waals surface area contributed by atoms with Crippen LogP contribution in [0.25, 0.3) is 24.6 Å². The third-order valence-electron chi connectivity index (χ3n) is 0.250. The van der Waals surface area contributed by atoms with Gasteiger partial charge in [-0.1, -0.05) is 0 Å². The average molecular weight is 283 g/mol. The maximum Gasteiger partial charge on any atom is 3.00 e. The fraction of sp³-hybridized carbons (Fsp3) is 0. The molecule has 0 fully saturated rings. The summed E-state index contributed by atoms with van der Waals surface area (Å²) in [6.45, 7) is 0. The molecule has 0 aliphatic heterocycles. The summed E-state index contributed by atoms with van der Waals surface area (Å²) in [5.41, 5.74) is 0. The summed E-state index contributed by atoms with van der Waals surface area (Å²) in [6, 6.07) is 0. The van der Waals surface area contributed by atoms with E-state index >= 15 is 0 Å². The fourth-order valence-corrected chi connectivity index (χ4v) is 0. The van der Waals surface area contributed by atoms with E-state index in [-0.39, 0.29) is 41.4 Å². The minimum atomic E-state index is -5.67. The predicted octanol–water partition coefficient (Wildman–Crippen LogP) is 0.858. The Balaban J connectivity index is -0.0000000245. The maximum absolute atomic E-state index is 9.20. The van der Waals surface area contributed by atoms with E-state index < -0.39 is 18.3 Å². The Hall–Kier alpha value is 0.166. The molecular formula is H8CoN4O6S2-3. The number of hydrogen-bond acceptors (Lipinski definition) is 6. The molecule has 8 N–H and O–H groups in total. The molecule has 13 heteroatoms. The summed E-state index contributed by atoms with van der Waals surface area (Å²) in [6.07, 6.45) is 0. The summed E-state index contributed by atoms with van der Waals surface area (Å²) >= 11 is 0. The van der Waals surface area contributed by atoms with Crippen molar-refractivity contribution in [3.8, 4) is 0 Å². The van der Waals surface area contributed by atoms with E-state index in [1.54, 1.807) is 0 Å². The molecule has 0 aliphatic rings. The molecule has 0 atom stereocenters. The summed E-state index contributed by atoms with van der Waals surface area (Å²) < 4.78 is 55.2. The van der Waals surface area contributed by atoms with Crippen LogP contribution in [0.3, 0.4) is 0 Å². The van der Waals surface area contributed by atoms with Crippen molar-refractivity contribution in [2.75, 3.05) is 0 Å². The van der Waals surface area contributed by atoms with E-state index in [1.165, 1.54) is 0 Å². The van der Waals surface area contributed by atoms with E-state index in [2.05, 4.69) is 0 Å². The van der Waals surface area contributed by atoms with Gasteiger partial charge in [0.2, 0.25) is 0 Å². The zero-order valence-electron chi connectivity index (χ0n) is 5.91. The van der Waals surface area contributed by atoms with Gasteiger partial charge in [0.05, 0.1) is 0 Å². The first-order valence-electron chi connectivity index (χ1n) is 1.17. The van der Waals surface area contributed by atoms with Gasteiger partial charge >= 0.3 is 16.8 Å². The molecule has 13 heavy (non-hydrogen) atoms. The fourth-order valence-electron chi connectivity index (χ4n) is 0. The van der Waals surface area contributed by atoms with Crippen molar-refractivity contribution in [2.45, 2.75) is 0 Å². The van der Waals surface area contributed by atoms with Crippen molar-refractivity contribution in [1.82, 2.24) is 0 Å². The van der Waals surface area contributed by atoms with Crippen LogP contribution in [0.2, 0.25) is 0 Å². The van der Waals surface area contributed by atoms with Crippen LogP contribution in [0.4, 0.5) is 0 Å². The molecule has 0 saturated heterocycles. The van der Waals surface area contributed by atoms with Gasteiger partial charge in [-0.3, -0.25) is 0 Å². The maximum atomic E-state index is 9.20. The minimum absolute atomic E-state index is 0. The van der Waals surface area contributed by atoms with Crippen molar-refractivity contribution in [3.63, 3.8) is 0 Å². The van der Waals surface area contributed by atoms with E-state index in [0.717, 1.165) is 0 Å². The molecule has 0 heterocycles. The van der Waals surface area contributed by atoms with Crippen molar-refractivity contribution in [3.05, 3.63) is 24.6 Å². The van der Waals surface area contributed by atoms with Crippen LogP contribution < -0.4 is 0 Å². The summed E-state index contributed by atoms with van der Waals surface area (Å²) in [5.74, 6) is 0. The third kappa shape index (κ3) is 15.0. The second-order valence-corrected chi connectivity index (χ2v) is 4.90. The zero-order chi connectivity index (χ0) is 7.00.